The summed E-state index contributed by atoms with van der Waals surface area (Å²) in [4.78, 5) is 11.7. The Labute approximate surface area is 92.1 Å². The Hall–Kier alpha value is -0.370. The van der Waals surface area contributed by atoms with Crippen LogP contribution in [0.25, 0.3) is 0 Å². The van der Waals surface area contributed by atoms with Crippen molar-refractivity contribution in [3.63, 3.8) is 0 Å². The van der Waals surface area contributed by atoms with Crippen molar-refractivity contribution in [1.29, 1.82) is 0 Å². The molecule has 2 rings (SSSR count). The Balaban J connectivity index is 1.71. The lowest BCUT2D eigenvalue weighted by Crippen LogP contribution is -2.31. The molecule has 15 heavy (non-hydrogen) atoms. The molecule has 0 spiro atoms. The molecule has 1 N–H and O–H groups in total. The van der Waals surface area contributed by atoms with E-state index in [-0.39, 0.29) is 11.7 Å². The molecule has 2 fully saturated rings. The highest BCUT2D eigenvalue weighted by Crippen LogP contribution is 2.34. The van der Waals surface area contributed by atoms with Crippen molar-refractivity contribution >= 4 is 5.78 Å². The lowest BCUT2D eigenvalue weighted by molar-refractivity contribution is -0.130. The van der Waals surface area contributed by atoms with Gasteiger partial charge in [-0.1, -0.05) is 32.1 Å². The van der Waals surface area contributed by atoms with Gasteiger partial charge in [-0.25, -0.2) is 0 Å². The van der Waals surface area contributed by atoms with Crippen LogP contribution >= 0.6 is 0 Å². The molecule has 1 atom stereocenters. The van der Waals surface area contributed by atoms with Gasteiger partial charge in [0.1, 0.15) is 6.10 Å². The van der Waals surface area contributed by atoms with E-state index >= 15 is 0 Å². The molecule has 86 valence electrons. The van der Waals surface area contributed by atoms with Crippen LogP contribution in [0.3, 0.4) is 0 Å². The van der Waals surface area contributed by atoms with Crippen molar-refractivity contribution in [3.8, 4) is 0 Å². The number of hydrogen-bond acceptors (Lipinski definition) is 2. The van der Waals surface area contributed by atoms with E-state index in [0.29, 0.717) is 6.42 Å². The van der Waals surface area contributed by atoms with E-state index in [1.807, 2.05) is 0 Å². The lowest BCUT2D eigenvalue weighted by atomic mass is 9.83. The van der Waals surface area contributed by atoms with Crippen molar-refractivity contribution < 1.29 is 9.90 Å². The van der Waals surface area contributed by atoms with Crippen LogP contribution < -0.4 is 0 Å². The number of carbonyl (C=O) groups is 1. The van der Waals surface area contributed by atoms with Gasteiger partial charge in [-0.3, -0.25) is 4.79 Å². The second-order valence-corrected chi connectivity index (χ2v) is 5.29. The minimum Gasteiger partial charge on any atom is -0.385 e. The molecular formula is C13H22O2. The molecule has 0 heterocycles. The van der Waals surface area contributed by atoms with Crippen LogP contribution in [0.15, 0.2) is 0 Å². The minimum atomic E-state index is -0.649. The van der Waals surface area contributed by atoms with E-state index < -0.39 is 6.10 Å². The topological polar surface area (TPSA) is 37.3 Å². The van der Waals surface area contributed by atoms with E-state index in [1.54, 1.807) is 0 Å². The molecule has 2 saturated carbocycles. The molecule has 2 heteroatoms. The van der Waals surface area contributed by atoms with E-state index in [2.05, 4.69) is 0 Å². The summed E-state index contributed by atoms with van der Waals surface area (Å²) in [6.45, 7) is 0. The van der Waals surface area contributed by atoms with Crippen molar-refractivity contribution in [2.45, 2.75) is 63.9 Å². The summed E-state index contributed by atoms with van der Waals surface area (Å²) in [5, 5.41) is 9.93. The van der Waals surface area contributed by atoms with Crippen LogP contribution in [-0.4, -0.2) is 17.0 Å². The van der Waals surface area contributed by atoms with Crippen molar-refractivity contribution in [1.82, 2.24) is 0 Å². The van der Waals surface area contributed by atoms with Gasteiger partial charge in [0, 0.05) is 6.42 Å². The summed E-state index contributed by atoms with van der Waals surface area (Å²) in [6, 6.07) is 0. The first-order chi connectivity index (χ1) is 7.27. The number of aliphatic hydroxyl groups excluding tert-OH is 1. The molecule has 0 saturated heterocycles. The maximum atomic E-state index is 11.7. The highest BCUT2D eigenvalue weighted by atomic mass is 16.3. The van der Waals surface area contributed by atoms with E-state index in [0.717, 1.165) is 25.2 Å². The highest BCUT2D eigenvalue weighted by molar-refractivity contribution is 5.83. The predicted octanol–water partition coefficient (Wildman–Crippen LogP) is 2.69. The zero-order valence-electron chi connectivity index (χ0n) is 9.45. The van der Waals surface area contributed by atoms with Crippen LogP contribution in [0.1, 0.15) is 57.8 Å². The summed E-state index contributed by atoms with van der Waals surface area (Å²) in [6.07, 6.45) is 9.34. The van der Waals surface area contributed by atoms with Gasteiger partial charge in [-0.05, 0) is 31.1 Å². The number of ketones is 1. The molecular weight excluding hydrogens is 188 g/mol. The second kappa shape index (κ2) is 5.11. The van der Waals surface area contributed by atoms with Gasteiger partial charge < -0.3 is 5.11 Å². The molecule has 0 amide bonds. The second-order valence-electron chi connectivity index (χ2n) is 5.29. The zero-order chi connectivity index (χ0) is 10.7. The van der Waals surface area contributed by atoms with Crippen molar-refractivity contribution in [2.24, 2.45) is 11.8 Å². The smallest absolute Gasteiger partial charge is 0.161 e. The van der Waals surface area contributed by atoms with Gasteiger partial charge in [0.15, 0.2) is 5.78 Å². The molecule has 0 aromatic rings. The monoisotopic (exact) mass is 210 g/mol. The molecule has 0 bridgehead atoms. The minimum absolute atomic E-state index is 0.105. The first-order valence-electron chi connectivity index (χ1n) is 6.48. The first-order valence-corrected chi connectivity index (χ1v) is 6.48. The third-order valence-corrected chi connectivity index (χ3v) is 3.92. The lowest BCUT2D eigenvalue weighted by Gasteiger charge is -2.25. The summed E-state index contributed by atoms with van der Waals surface area (Å²) in [5.41, 5.74) is 0. The van der Waals surface area contributed by atoms with Crippen LogP contribution in [0.5, 0.6) is 0 Å². The van der Waals surface area contributed by atoms with Gasteiger partial charge in [0.2, 0.25) is 0 Å². The van der Waals surface area contributed by atoms with Crippen LogP contribution in [0, 0.1) is 11.8 Å². The fraction of sp³-hybridized carbons (Fsp3) is 0.923. The summed E-state index contributed by atoms with van der Waals surface area (Å²) in [7, 11) is 0. The molecule has 0 aromatic heterocycles. The van der Waals surface area contributed by atoms with Gasteiger partial charge in [0.05, 0.1) is 0 Å². The van der Waals surface area contributed by atoms with E-state index in [9.17, 15) is 9.90 Å². The number of carbonyl (C=O) groups excluding carboxylic acids is 1. The summed E-state index contributed by atoms with van der Waals surface area (Å²) in [5.74, 6) is 1.17. The Bertz CT molecular complexity index is 215. The Kier molecular flexibility index (Phi) is 3.79. The fourth-order valence-electron chi connectivity index (χ4n) is 2.61. The van der Waals surface area contributed by atoms with Crippen LogP contribution in [0.2, 0.25) is 0 Å². The Morgan fingerprint density at radius 3 is 2.40 bits per heavy atom. The summed E-state index contributed by atoms with van der Waals surface area (Å²) >= 11 is 0. The van der Waals surface area contributed by atoms with Crippen molar-refractivity contribution in [2.75, 3.05) is 0 Å². The Morgan fingerprint density at radius 1 is 1.13 bits per heavy atom. The maximum Gasteiger partial charge on any atom is 0.161 e. The average molecular weight is 210 g/mol. The SMILES string of the molecule is O=C(CCC1CC1)C(O)C1CCCCC1. The van der Waals surface area contributed by atoms with E-state index in [4.69, 9.17) is 0 Å². The average Bonchev–Trinajstić information content (AvgIpc) is 3.10. The van der Waals surface area contributed by atoms with Crippen molar-refractivity contribution in [3.05, 3.63) is 0 Å². The molecule has 0 radical (unpaired) electrons. The molecule has 2 aliphatic rings. The number of hydrogen-bond donors (Lipinski definition) is 1. The molecule has 0 aliphatic heterocycles. The first kappa shape index (κ1) is 11.1. The normalized spacial score (nSPS) is 25.1. The summed E-state index contributed by atoms with van der Waals surface area (Å²) < 4.78 is 0. The molecule has 2 aliphatic carbocycles. The third-order valence-electron chi connectivity index (χ3n) is 3.92. The van der Waals surface area contributed by atoms with Crippen LogP contribution in [-0.2, 0) is 4.79 Å². The zero-order valence-corrected chi connectivity index (χ0v) is 9.45. The molecule has 2 nitrogen and oxygen atoms in total. The Morgan fingerprint density at radius 2 is 1.80 bits per heavy atom. The van der Waals surface area contributed by atoms with Gasteiger partial charge in [-0.2, -0.15) is 0 Å². The third kappa shape index (κ3) is 3.30. The quantitative estimate of drug-likeness (QED) is 0.757. The van der Waals surface area contributed by atoms with Crippen LogP contribution in [0.4, 0.5) is 0 Å². The van der Waals surface area contributed by atoms with Gasteiger partial charge >= 0.3 is 0 Å². The highest BCUT2D eigenvalue weighted by Gasteiger charge is 2.29. The molecule has 0 aromatic carbocycles. The number of rotatable bonds is 5. The number of Topliss-reactive ketones (excluding diaryl/α,β-unsaturated/α-hetero) is 1. The maximum absolute atomic E-state index is 11.7. The number of aliphatic hydroxyl groups is 1. The van der Waals surface area contributed by atoms with Gasteiger partial charge in [-0.15, -0.1) is 0 Å². The van der Waals surface area contributed by atoms with E-state index in [1.165, 1.54) is 32.1 Å². The predicted molar refractivity (Wildman–Crippen MR) is 59.5 cm³/mol. The molecule has 1 unspecified atom stereocenters. The van der Waals surface area contributed by atoms with Gasteiger partial charge in [0.25, 0.3) is 0 Å². The fourth-order valence-corrected chi connectivity index (χ4v) is 2.61. The largest absolute Gasteiger partial charge is 0.385 e. The standard InChI is InChI=1S/C13H22O2/c14-12(9-8-10-6-7-10)13(15)11-4-2-1-3-5-11/h10-11,13,15H,1-9H2.